The van der Waals surface area contributed by atoms with Crippen LogP contribution >= 0.6 is 0 Å². The van der Waals surface area contributed by atoms with Crippen LogP contribution in [0.15, 0.2) is 36.7 Å². The molecule has 7 nitrogen and oxygen atoms in total. The van der Waals surface area contributed by atoms with Gasteiger partial charge in [-0.3, -0.25) is 14.8 Å². The molecule has 0 saturated carbocycles. The van der Waals surface area contributed by atoms with Gasteiger partial charge in [0.25, 0.3) is 0 Å². The first-order valence-corrected chi connectivity index (χ1v) is 6.95. The molecular formula is C14H19N5O2. The van der Waals surface area contributed by atoms with Crippen LogP contribution < -0.4 is 10.6 Å². The van der Waals surface area contributed by atoms with Crippen molar-refractivity contribution in [1.29, 1.82) is 0 Å². The molecule has 112 valence electrons. The standard InChI is InChI=1S/C14H19N5O2/c1-2-15-12-6-3-7-13(14(12)19(20)21)16-8-4-10-18-11-5-9-17-18/h3,5-7,9,11,15-16H,2,4,8,10H2,1H3. The SMILES string of the molecule is CCNc1cccc(NCCCn2cccn2)c1[N+](=O)[O-]. The third kappa shape index (κ3) is 3.95. The van der Waals surface area contributed by atoms with Crippen LogP contribution in [0, 0.1) is 10.1 Å². The van der Waals surface area contributed by atoms with E-state index in [4.69, 9.17) is 0 Å². The van der Waals surface area contributed by atoms with Crippen molar-refractivity contribution in [3.63, 3.8) is 0 Å². The first kappa shape index (κ1) is 14.8. The summed E-state index contributed by atoms with van der Waals surface area (Å²) in [4.78, 5) is 10.9. The van der Waals surface area contributed by atoms with Crippen LogP contribution in [0.3, 0.4) is 0 Å². The Bertz CT molecular complexity index is 583. The van der Waals surface area contributed by atoms with Gasteiger partial charge in [-0.2, -0.15) is 5.10 Å². The minimum Gasteiger partial charge on any atom is -0.380 e. The highest BCUT2D eigenvalue weighted by atomic mass is 16.6. The third-order valence-electron chi connectivity index (χ3n) is 3.02. The highest BCUT2D eigenvalue weighted by molar-refractivity contribution is 5.76. The van der Waals surface area contributed by atoms with E-state index >= 15 is 0 Å². The van der Waals surface area contributed by atoms with Crippen LogP contribution in [0.4, 0.5) is 17.1 Å². The highest BCUT2D eigenvalue weighted by Gasteiger charge is 2.18. The lowest BCUT2D eigenvalue weighted by atomic mass is 10.2. The van der Waals surface area contributed by atoms with Crippen molar-refractivity contribution < 1.29 is 4.92 Å². The van der Waals surface area contributed by atoms with E-state index in [0.29, 0.717) is 24.5 Å². The third-order valence-corrected chi connectivity index (χ3v) is 3.02. The number of hydrogen-bond donors (Lipinski definition) is 2. The molecule has 7 heteroatoms. The molecule has 0 aliphatic rings. The second-order valence-electron chi connectivity index (χ2n) is 4.54. The molecule has 0 aliphatic carbocycles. The normalized spacial score (nSPS) is 10.3. The summed E-state index contributed by atoms with van der Waals surface area (Å²) >= 11 is 0. The predicted molar refractivity (Wildman–Crippen MR) is 82.6 cm³/mol. The number of nitro groups is 1. The maximum absolute atomic E-state index is 11.2. The minimum atomic E-state index is -0.353. The Balaban J connectivity index is 1.98. The van der Waals surface area contributed by atoms with E-state index in [-0.39, 0.29) is 10.6 Å². The molecule has 0 fully saturated rings. The van der Waals surface area contributed by atoms with E-state index in [1.165, 1.54) is 0 Å². The van der Waals surface area contributed by atoms with Crippen LogP contribution in [0.1, 0.15) is 13.3 Å². The largest absolute Gasteiger partial charge is 0.380 e. The Morgan fingerprint density at radius 3 is 2.67 bits per heavy atom. The van der Waals surface area contributed by atoms with Crippen LogP contribution in [0.5, 0.6) is 0 Å². The van der Waals surface area contributed by atoms with Crippen molar-refractivity contribution in [2.24, 2.45) is 0 Å². The first-order valence-electron chi connectivity index (χ1n) is 6.95. The number of para-hydroxylation sites is 1. The molecule has 2 aromatic rings. The summed E-state index contributed by atoms with van der Waals surface area (Å²) < 4.78 is 1.84. The molecule has 1 heterocycles. The Labute approximate surface area is 123 Å². The fourth-order valence-corrected chi connectivity index (χ4v) is 2.11. The molecular weight excluding hydrogens is 270 g/mol. The number of aromatic nitrogens is 2. The zero-order chi connectivity index (χ0) is 15.1. The summed E-state index contributed by atoms with van der Waals surface area (Å²) in [7, 11) is 0. The molecule has 0 spiro atoms. The summed E-state index contributed by atoms with van der Waals surface area (Å²) in [5.74, 6) is 0. The summed E-state index contributed by atoms with van der Waals surface area (Å²) in [6.07, 6.45) is 4.47. The van der Waals surface area contributed by atoms with Gasteiger partial charge in [-0.05, 0) is 31.5 Å². The Hall–Kier alpha value is -2.57. The summed E-state index contributed by atoms with van der Waals surface area (Å²) in [5.41, 5.74) is 1.18. The molecule has 0 bridgehead atoms. The summed E-state index contributed by atoms with van der Waals surface area (Å²) in [5, 5.41) is 21.5. The van der Waals surface area contributed by atoms with Crippen LogP contribution in [-0.2, 0) is 6.54 Å². The number of nitrogens with one attached hydrogen (secondary N) is 2. The van der Waals surface area contributed by atoms with Crippen molar-refractivity contribution in [2.75, 3.05) is 23.7 Å². The highest BCUT2D eigenvalue weighted by Crippen LogP contribution is 2.32. The van der Waals surface area contributed by atoms with Crippen LogP contribution in [0.2, 0.25) is 0 Å². The van der Waals surface area contributed by atoms with E-state index in [1.807, 2.05) is 23.9 Å². The lowest BCUT2D eigenvalue weighted by Gasteiger charge is -2.10. The second kappa shape index (κ2) is 7.28. The van der Waals surface area contributed by atoms with Gasteiger partial charge in [-0.25, -0.2) is 0 Å². The van der Waals surface area contributed by atoms with Gasteiger partial charge in [-0.1, -0.05) is 6.07 Å². The van der Waals surface area contributed by atoms with E-state index in [2.05, 4.69) is 15.7 Å². The number of rotatable bonds is 8. The Morgan fingerprint density at radius 2 is 2.05 bits per heavy atom. The van der Waals surface area contributed by atoms with Gasteiger partial charge < -0.3 is 10.6 Å². The summed E-state index contributed by atoms with van der Waals surface area (Å²) in [6.45, 7) is 3.98. The molecule has 1 aromatic heterocycles. The number of aryl methyl sites for hydroxylation is 1. The fourth-order valence-electron chi connectivity index (χ4n) is 2.11. The molecule has 0 aliphatic heterocycles. The van der Waals surface area contributed by atoms with Gasteiger partial charge in [0, 0.05) is 32.0 Å². The molecule has 0 amide bonds. The van der Waals surface area contributed by atoms with Crippen molar-refractivity contribution in [3.05, 3.63) is 46.8 Å². The van der Waals surface area contributed by atoms with E-state index in [9.17, 15) is 10.1 Å². The molecule has 0 radical (unpaired) electrons. The lowest BCUT2D eigenvalue weighted by molar-refractivity contribution is -0.383. The van der Waals surface area contributed by atoms with Crippen molar-refractivity contribution in [3.8, 4) is 0 Å². The van der Waals surface area contributed by atoms with E-state index < -0.39 is 0 Å². The molecule has 0 unspecified atom stereocenters. The molecule has 0 saturated heterocycles. The quantitative estimate of drug-likeness (QED) is 0.443. The topological polar surface area (TPSA) is 85.0 Å². The maximum atomic E-state index is 11.2. The fraction of sp³-hybridized carbons (Fsp3) is 0.357. The number of anilines is 2. The number of hydrogen-bond acceptors (Lipinski definition) is 5. The molecule has 2 N–H and O–H groups in total. The van der Waals surface area contributed by atoms with E-state index in [1.54, 1.807) is 24.4 Å². The van der Waals surface area contributed by atoms with Crippen LogP contribution in [-0.4, -0.2) is 27.8 Å². The average molecular weight is 289 g/mol. The minimum absolute atomic E-state index is 0.0958. The van der Waals surface area contributed by atoms with Gasteiger partial charge in [0.2, 0.25) is 0 Å². The second-order valence-corrected chi connectivity index (χ2v) is 4.54. The lowest BCUT2D eigenvalue weighted by Crippen LogP contribution is -2.09. The van der Waals surface area contributed by atoms with Crippen molar-refractivity contribution in [2.45, 2.75) is 19.9 Å². The van der Waals surface area contributed by atoms with E-state index in [0.717, 1.165) is 13.0 Å². The monoisotopic (exact) mass is 289 g/mol. The Kier molecular flexibility index (Phi) is 5.14. The molecule has 0 atom stereocenters. The smallest absolute Gasteiger partial charge is 0.315 e. The maximum Gasteiger partial charge on any atom is 0.315 e. The predicted octanol–water partition coefficient (Wildman–Crippen LogP) is 2.73. The zero-order valence-corrected chi connectivity index (χ0v) is 12.0. The van der Waals surface area contributed by atoms with Gasteiger partial charge in [0.15, 0.2) is 0 Å². The molecule has 2 rings (SSSR count). The number of nitrogens with zero attached hydrogens (tertiary/aromatic N) is 3. The Morgan fingerprint density at radius 1 is 1.29 bits per heavy atom. The summed E-state index contributed by atoms with van der Waals surface area (Å²) in [6, 6.07) is 7.13. The zero-order valence-electron chi connectivity index (χ0n) is 12.0. The molecule has 1 aromatic carbocycles. The van der Waals surface area contributed by atoms with Gasteiger partial charge in [0.05, 0.1) is 4.92 Å². The van der Waals surface area contributed by atoms with Crippen molar-refractivity contribution >= 4 is 17.1 Å². The first-order chi connectivity index (χ1) is 10.2. The van der Waals surface area contributed by atoms with Crippen LogP contribution in [0.25, 0.3) is 0 Å². The van der Waals surface area contributed by atoms with Gasteiger partial charge in [0.1, 0.15) is 11.4 Å². The van der Waals surface area contributed by atoms with Gasteiger partial charge in [-0.15, -0.1) is 0 Å². The number of nitro benzene ring substituents is 1. The molecule has 21 heavy (non-hydrogen) atoms. The number of benzene rings is 1. The van der Waals surface area contributed by atoms with Gasteiger partial charge >= 0.3 is 5.69 Å². The van der Waals surface area contributed by atoms with Crippen molar-refractivity contribution in [1.82, 2.24) is 9.78 Å². The average Bonchev–Trinajstić information content (AvgIpc) is 2.97.